The third-order valence-electron chi connectivity index (χ3n) is 6.97. The predicted octanol–water partition coefficient (Wildman–Crippen LogP) is 10.3. The van der Waals surface area contributed by atoms with E-state index in [9.17, 15) is 9.59 Å². The molecule has 0 saturated heterocycles. The minimum atomic E-state index is -0.677. The van der Waals surface area contributed by atoms with Crippen molar-refractivity contribution in [2.75, 3.05) is 0 Å². The molecule has 0 fully saturated rings. The van der Waals surface area contributed by atoms with Crippen molar-refractivity contribution in [2.45, 2.75) is 180 Å². The number of esters is 1. The molecule has 36 heavy (non-hydrogen) atoms. The van der Waals surface area contributed by atoms with E-state index in [1.165, 1.54) is 89.9 Å². The third kappa shape index (κ3) is 27.3. The predicted molar refractivity (Wildman–Crippen MR) is 153 cm³/mol. The Balaban J connectivity index is 3.59. The number of carbonyl (C=O) groups is 2. The van der Waals surface area contributed by atoms with Gasteiger partial charge in [-0.05, 0) is 51.4 Å². The molecule has 212 valence electrons. The highest BCUT2D eigenvalue weighted by Gasteiger charge is 2.13. The van der Waals surface area contributed by atoms with Gasteiger partial charge in [0.2, 0.25) is 0 Å². The van der Waals surface area contributed by atoms with Gasteiger partial charge >= 0.3 is 11.9 Å². The first-order chi connectivity index (χ1) is 17.6. The molecule has 1 N–H and O–H groups in total. The Morgan fingerprint density at radius 3 is 1.58 bits per heavy atom. The maximum atomic E-state index is 12.3. The van der Waals surface area contributed by atoms with Crippen LogP contribution in [-0.4, -0.2) is 23.1 Å². The van der Waals surface area contributed by atoms with E-state index in [0.29, 0.717) is 12.8 Å². The van der Waals surface area contributed by atoms with E-state index in [0.717, 1.165) is 57.8 Å². The molecule has 0 aromatic carbocycles. The second-order valence-electron chi connectivity index (χ2n) is 10.6. The first-order valence-corrected chi connectivity index (χ1v) is 15.7. The molecule has 4 heteroatoms. The lowest BCUT2D eigenvalue weighted by Crippen LogP contribution is -2.18. The van der Waals surface area contributed by atoms with Gasteiger partial charge < -0.3 is 9.84 Å². The number of allylic oxidation sites excluding steroid dienone is 2. The van der Waals surface area contributed by atoms with Crippen LogP contribution in [0, 0.1) is 0 Å². The molecule has 0 amide bonds. The smallest absolute Gasteiger partial charge is 0.306 e. The number of ether oxygens (including phenoxy) is 1. The van der Waals surface area contributed by atoms with Crippen LogP contribution < -0.4 is 0 Å². The highest BCUT2D eigenvalue weighted by atomic mass is 16.5. The molecular formula is C32H60O4. The van der Waals surface area contributed by atoms with Crippen molar-refractivity contribution in [2.24, 2.45) is 0 Å². The number of aliphatic carboxylic acids is 1. The lowest BCUT2D eigenvalue weighted by Gasteiger charge is -2.17. The lowest BCUT2D eigenvalue weighted by molar-refractivity contribution is -0.150. The van der Waals surface area contributed by atoms with Crippen molar-refractivity contribution in [3.8, 4) is 0 Å². The van der Waals surface area contributed by atoms with Gasteiger partial charge in [-0.3, -0.25) is 9.59 Å². The van der Waals surface area contributed by atoms with Crippen LogP contribution in [0.3, 0.4) is 0 Å². The first-order valence-electron chi connectivity index (χ1n) is 15.7. The van der Waals surface area contributed by atoms with Gasteiger partial charge in [-0.15, -0.1) is 0 Å². The average molecular weight is 509 g/mol. The molecule has 0 bridgehead atoms. The number of unbranched alkanes of at least 4 members (excludes halogenated alkanes) is 17. The topological polar surface area (TPSA) is 63.6 Å². The van der Waals surface area contributed by atoms with Crippen molar-refractivity contribution in [3.63, 3.8) is 0 Å². The molecule has 0 aliphatic rings. The molecule has 1 atom stereocenters. The highest BCUT2D eigenvalue weighted by molar-refractivity contribution is 5.69. The lowest BCUT2D eigenvalue weighted by atomic mass is 10.0. The van der Waals surface area contributed by atoms with E-state index >= 15 is 0 Å². The van der Waals surface area contributed by atoms with Crippen molar-refractivity contribution >= 4 is 11.9 Å². The Bertz CT molecular complexity index is 514. The Kier molecular flexibility index (Phi) is 27.2. The van der Waals surface area contributed by atoms with Crippen LogP contribution in [0.4, 0.5) is 0 Å². The zero-order chi connectivity index (χ0) is 26.5. The number of hydrogen-bond acceptors (Lipinski definition) is 3. The summed E-state index contributed by atoms with van der Waals surface area (Å²) in [4.78, 5) is 22.8. The summed E-state index contributed by atoms with van der Waals surface area (Å²) < 4.78 is 5.81. The van der Waals surface area contributed by atoms with Gasteiger partial charge in [0.25, 0.3) is 0 Å². The van der Waals surface area contributed by atoms with Crippen LogP contribution in [0.15, 0.2) is 12.2 Å². The Morgan fingerprint density at radius 2 is 1.06 bits per heavy atom. The van der Waals surface area contributed by atoms with Gasteiger partial charge in [0.15, 0.2) is 0 Å². The Morgan fingerprint density at radius 1 is 0.583 bits per heavy atom. The van der Waals surface area contributed by atoms with Crippen molar-refractivity contribution in [3.05, 3.63) is 12.2 Å². The van der Waals surface area contributed by atoms with Crippen LogP contribution in [-0.2, 0) is 14.3 Å². The second kappa shape index (κ2) is 28.3. The Labute approximate surface area is 224 Å². The van der Waals surface area contributed by atoms with E-state index in [1.807, 2.05) is 0 Å². The maximum Gasteiger partial charge on any atom is 0.306 e. The molecule has 0 aromatic rings. The van der Waals surface area contributed by atoms with E-state index in [-0.39, 0.29) is 12.1 Å². The highest BCUT2D eigenvalue weighted by Crippen LogP contribution is 2.17. The number of carboxylic acid groups (broad SMARTS) is 1. The molecule has 0 aliphatic carbocycles. The minimum Gasteiger partial charge on any atom is -0.481 e. The van der Waals surface area contributed by atoms with E-state index < -0.39 is 5.97 Å². The zero-order valence-electron chi connectivity index (χ0n) is 24.1. The summed E-state index contributed by atoms with van der Waals surface area (Å²) in [5.41, 5.74) is 0. The van der Waals surface area contributed by atoms with Gasteiger partial charge in [0, 0.05) is 12.8 Å². The van der Waals surface area contributed by atoms with E-state index in [2.05, 4.69) is 26.0 Å². The molecule has 0 aliphatic heterocycles. The zero-order valence-corrected chi connectivity index (χ0v) is 24.1. The van der Waals surface area contributed by atoms with Crippen LogP contribution >= 0.6 is 0 Å². The summed E-state index contributed by atoms with van der Waals surface area (Å²) in [5.74, 6) is -0.669. The fourth-order valence-corrected chi connectivity index (χ4v) is 4.69. The Hall–Kier alpha value is -1.32. The standard InChI is InChI=1S/C32H60O4/c1-3-5-6-7-8-9-10-11-16-19-22-25-29-32(35)36-30(26-4-2)27-23-20-17-14-12-13-15-18-21-24-28-31(33)34/h7-8,30H,3-6,9-29H2,1-2H3,(H,33,34)/b8-7-. The molecule has 0 spiro atoms. The van der Waals surface area contributed by atoms with Gasteiger partial charge in [-0.1, -0.05) is 122 Å². The van der Waals surface area contributed by atoms with Gasteiger partial charge in [0.1, 0.15) is 6.10 Å². The molecule has 4 nitrogen and oxygen atoms in total. The first kappa shape index (κ1) is 34.7. The SMILES string of the molecule is CCCC/C=C\CCCCCCCCC(=O)OC(CCC)CCCCCCCCCCCCC(=O)O. The quantitative estimate of drug-likeness (QED) is 0.0648. The van der Waals surface area contributed by atoms with Gasteiger partial charge in [-0.25, -0.2) is 0 Å². The van der Waals surface area contributed by atoms with Crippen LogP contribution in [0.1, 0.15) is 174 Å². The number of hydrogen-bond donors (Lipinski definition) is 1. The largest absolute Gasteiger partial charge is 0.481 e. The summed E-state index contributed by atoms with van der Waals surface area (Å²) in [6.45, 7) is 4.41. The average Bonchev–Trinajstić information content (AvgIpc) is 2.85. The summed E-state index contributed by atoms with van der Waals surface area (Å²) in [7, 11) is 0. The fraction of sp³-hybridized carbons (Fsp3) is 0.875. The minimum absolute atomic E-state index is 0.00835. The van der Waals surface area contributed by atoms with Crippen LogP contribution in [0.2, 0.25) is 0 Å². The van der Waals surface area contributed by atoms with Crippen molar-refractivity contribution < 1.29 is 19.4 Å². The number of rotatable bonds is 28. The molecule has 0 aromatic heterocycles. The summed E-state index contributed by atoms with van der Waals surface area (Å²) in [6, 6.07) is 0. The summed E-state index contributed by atoms with van der Waals surface area (Å²) in [5, 5.41) is 8.64. The maximum absolute atomic E-state index is 12.3. The molecule has 0 radical (unpaired) electrons. The van der Waals surface area contributed by atoms with Crippen molar-refractivity contribution in [1.82, 2.24) is 0 Å². The fourth-order valence-electron chi connectivity index (χ4n) is 4.69. The van der Waals surface area contributed by atoms with E-state index in [4.69, 9.17) is 9.84 Å². The molecule has 0 heterocycles. The molecular weight excluding hydrogens is 448 g/mol. The second-order valence-corrected chi connectivity index (χ2v) is 10.6. The molecule has 0 rings (SSSR count). The normalized spacial score (nSPS) is 12.3. The molecule has 0 saturated carbocycles. The molecule has 1 unspecified atom stereocenters. The van der Waals surface area contributed by atoms with Crippen molar-refractivity contribution in [1.29, 1.82) is 0 Å². The summed E-state index contributed by atoms with van der Waals surface area (Å²) in [6.07, 6.45) is 32.7. The number of carbonyl (C=O) groups excluding carboxylic acids is 1. The van der Waals surface area contributed by atoms with E-state index in [1.54, 1.807) is 0 Å². The number of carboxylic acids is 1. The monoisotopic (exact) mass is 508 g/mol. The van der Waals surface area contributed by atoms with Gasteiger partial charge in [-0.2, -0.15) is 0 Å². The van der Waals surface area contributed by atoms with Crippen LogP contribution in [0.25, 0.3) is 0 Å². The van der Waals surface area contributed by atoms with Crippen LogP contribution in [0.5, 0.6) is 0 Å². The third-order valence-corrected chi connectivity index (χ3v) is 6.97. The van der Waals surface area contributed by atoms with Gasteiger partial charge in [0.05, 0.1) is 0 Å². The summed E-state index contributed by atoms with van der Waals surface area (Å²) >= 11 is 0.